The van der Waals surface area contributed by atoms with Crippen molar-refractivity contribution in [1.29, 1.82) is 0 Å². The number of rotatable bonds is 3. The molecule has 3 heterocycles. The fraction of sp³-hybridized carbons (Fsp3) is 0.368. The van der Waals surface area contributed by atoms with Crippen LogP contribution in [0.1, 0.15) is 15.9 Å². The molecule has 4 rings (SSSR count). The molecule has 0 bridgehead atoms. The van der Waals surface area contributed by atoms with Crippen LogP contribution in [-0.2, 0) is 6.54 Å². The highest BCUT2D eigenvalue weighted by Crippen LogP contribution is 2.32. The number of nitrogens with zero attached hydrogens (tertiary/aromatic N) is 3. The number of likely N-dealkylation sites (tertiary alicyclic amines) is 2. The Bertz CT molecular complexity index is 722. The van der Waals surface area contributed by atoms with Gasteiger partial charge in [0.2, 0.25) is 0 Å². The Morgan fingerprint density at radius 2 is 1.92 bits per heavy atom. The molecule has 1 amide bonds. The van der Waals surface area contributed by atoms with Crippen LogP contribution < -0.4 is 0 Å². The van der Waals surface area contributed by atoms with Crippen LogP contribution in [0.5, 0.6) is 0 Å². The van der Waals surface area contributed by atoms with Gasteiger partial charge < -0.3 is 4.90 Å². The summed E-state index contributed by atoms with van der Waals surface area (Å²) in [6.45, 7) is 4.46. The molecule has 2 aliphatic rings. The Balaban J connectivity index is 1.37. The van der Waals surface area contributed by atoms with Crippen molar-refractivity contribution in [1.82, 2.24) is 14.8 Å². The number of fused-ring (bicyclic) bond motifs is 1. The fourth-order valence-electron chi connectivity index (χ4n) is 3.94. The normalized spacial score (nSPS) is 23.5. The molecule has 2 atom stereocenters. The molecule has 2 aliphatic heterocycles. The number of aromatic nitrogens is 1. The minimum Gasteiger partial charge on any atom is -0.338 e. The predicted octanol–water partition coefficient (Wildman–Crippen LogP) is 2.42. The van der Waals surface area contributed by atoms with Gasteiger partial charge in [0.1, 0.15) is 5.82 Å². The van der Waals surface area contributed by atoms with E-state index in [2.05, 4.69) is 16.0 Å². The molecule has 1 aromatic heterocycles. The fourth-order valence-corrected chi connectivity index (χ4v) is 3.94. The number of pyridine rings is 1. The summed E-state index contributed by atoms with van der Waals surface area (Å²) in [7, 11) is 0. The van der Waals surface area contributed by atoms with Gasteiger partial charge in [0, 0.05) is 50.7 Å². The Hall–Kier alpha value is -2.27. The van der Waals surface area contributed by atoms with Crippen LogP contribution in [0.2, 0.25) is 0 Å². The van der Waals surface area contributed by atoms with Crippen molar-refractivity contribution < 1.29 is 9.18 Å². The largest absolute Gasteiger partial charge is 0.338 e. The van der Waals surface area contributed by atoms with Crippen molar-refractivity contribution in [2.45, 2.75) is 6.54 Å². The predicted molar refractivity (Wildman–Crippen MR) is 88.8 cm³/mol. The first-order valence-electron chi connectivity index (χ1n) is 8.35. The minimum atomic E-state index is -0.358. The van der Waals surface area contributed by atoms with Crippen LogP contribution in [-0.4, -0.2) is 46.9 Å². The van der Waals surface area contributed by atoms with Gasteiger partial charge in [0.25, 0.3) is 5.91 Å². The quantitative estimate of drug-likeness (QED) is 0.870. The first kappa shape index (κ1) is 15.3. The Morgan fingerprint density at radius 1 is 1.12 bits per heavy atom. The molecule has 0 spiro atoms. The van der Waals surface area contributed by atoms with E-state index < -0.39 is 0 Å². The van der Waals surface area contributed by atoms with Gasteiger partial charge >= 0.3 is 0 Å². The molecule has 1 aromatic carbocycles. The molecular formula is C19H20FN3O. The number of hydrogen-bond donors (Lipinski definition) is 0. The second kappa shape index (κ2) is 6.32. The van der Waals surface area contributed by atoms with Gasteiger partial charge in [-0.3, -0.25) is 14.7 Å². The maximum absolute atomic E-state index is 13.3. The maximum atomic E-state index is 13.3. The summed E-state index contributed by atoms with van der Waals surface area (Å²) in [6.07, 6.45) is 3.70. The number of carbonyl (C=O) groups is 1. The molecule has 0 radical (unpaired) electrons. The van der Waals surface area contributed by atoms with E-state index in [1.165, 1.54) is 17.7 Å². The zero-order valence-corrected chi connectivity index (χ0v) is 13.4. The van der Waals surface area contributed by atoms with E-state index in [1.807, 2.05) is 17.2 Å². The van der Waals surface area contributed by atoms with E-state index in [1.54, 1.807) is 18.3 Å². The van der Waals surface area contributed by atoms with Crippen LogP contribution in [0.4, 0.5) is 4.39 Å². The molecular weight excluding hydrogens is 305 g/mol. The number of benzene rings is 1. The molecule has 5 heteroatoms. The van der Waals surface area contributed by atoms with Crippen LogP contribution in [0.25, 0.3) is 0 Å². The lowest BCUT2D eigenvalue weighted by Gasteiger charge is -2.21. The van der Waals surface area contributed by atoms with Gasteiger partial charge in [-0.05, 0) is 41.7 Å². The van der Waals surface area contributed by atoms with E-state index in [9.17, 15) is 9.18 Å². The lowest BCUT2D eigenvalue weighted by molar-refractivity contribution is 0.0773. The molecule has 124 valence electrons. The van der Waals surface area contributed by atoms with Crippen molar-refractivity contribution in [3.8, 4) is 0 Å². The topological polar surface area (TPSA) is 36.4 Å². The molecule has 0 N–H and O–H groups in total. The second-order valence-electron chi connectivity index (χ2n) is 6.80. The summed E-state index contributed by atoms with van der Waals surface area (Å²) in [4.78, 5) is 21.0. The van der Waals surface area contributed by atoms with E-state index in [-0.39, 0.29) is 11.7 Å². The number of carbonyl (C=O) groups excluding carboxylic acids is 1. The number of amides is 1. The lowest BCUT2D eigenvalue weighted by Crippen LogP contribution is -2.33. The SMILES string of the molecule is O=C(c1cccc(F)c1)N1C[C@H]2CN(Cc3cccnc3)C[C@H]2C1. The third-order valence-electron chi connectivity index (χ3n) is 5.05. The Kier molecular flexibility index (Phi) is 4.02. The van der Waals surface area contributed by atoms with Crippen molar-refractivity contribution in [2.75, 3.05) is 26.2 Å². The molecule has 0 unspecified atom stereocenters. The highest BCUT2D eigenvalue weighted by molar-refractivity contribution is 5.94. The summed E-state index contributed by atoms with van der Waals surface area (Å²) in [5.74, 6) is 0.615. The Morgan fingerprint density at radius 3 is 2.58 bits per heavy atom. The molecule has 2 aromatic rings. The van der Waals surface area contributed by atoms with E-state index in [0.29, 0.717) is 17.4 Å². The third kappa shape index (κ3) is 3.04. The summed E-state index contributed by atoms with van der Waals surface area (Å²) >= 11 is 0. The van der Waals surface area contributed by atoms with Crippen molar-refractivity contribution in [3.05, 3.63) is 65.7 Å². The highest BCUT2D eigenvalue weighted by atomic mass is 19.1. The van der Waals surface area contributed by atoms with Crippen molar-refractivity contribution in [3.63, 3.8) is 0 Å². The van der Waals surface area contributed by atoms with Gasteiger partial charge in [-0.1, -0.05) is 12.1 Å². The van der Waals surface area contributed by atoms with Gasteiger partial charge in [0.15, 0.2) is 0 Å². The van der Waals surface area contributed by atoms with Crippen LogP contribution in [0.15, 0.2) is 48.8 Å². The number of hydrogen-bond acceptors (Lipinski definition) is 3. The van der Waals surface area contributed by atoms with Gasteiger partial charge in [0.05, 0.1) is 0 Å². The smallest absolute Gasteiger partial charge is 0.253 e. The zero-order valence-electron chi connectivity index (χ0n) is 13.4. The van der Waals surface area contributed by atoms with Crippen molar-refractivity contribution in [2.24, 2.45) is 11.8 Å². The molecule has 0 saturated carbocycles. The molecule has 24 heavy (non-hydrogen) atoms. The number of halogens is 1. The van der Waals surface area contributed by atoms with Gasteiger partial charge in [-0.25, -0.2) is 4.39 Å². The molecule has 4 nitrogen and oxygen atoms in total. The highest BCUT2D eigenvalue weighted by Gasteiger charge is 2.41. The van der Waals surface area contributed by atoms with Crippen molar-refractivity contribution >= 4 is 5.91 Å². The standard InChI is InChI=1S/C19H20FN3O/c20-18-5-1-4-15(7-18)19(24)23-12-16-10-22(11-17(16)13-23)9-14-3-2-6-21-8-14/h1-8,16-17H,9-13H2/t16-,17+. The summed E-state index contributed by atoms with van der Waals surface area (Å²) < 4.78 is 13.3. The van der Waals surface area contributed by atoms with Gasteiger partial charge in [-0.2, -0.15) is 0 Å². The molecule has 2 fully saturated rings. The maximum Gasteiger partial charge on any atom is 0.253 e. The third-order valence-corrected chi connectivity index (χ3v) is 5.05. The average Bonchev–Trinajstić information content (AvgIpc) is 3.13. The summed E-state index contributed by atoms with van der Waals surface area (Å²) in [5.41, 5.74) is 1.67. The first-order valence-corrected chi connectivity index (χ1v) is 8.35. The van der Waals surface area contributed by atoms with Crippen LogP contribution in [0.3, 0.4) is 0 Å². The average molecular weight is 325 g/mol. The van der Waals surface area contributed by atoms with E-state index >= 15 is 0 Å². The van der Waals surface area contributed by atoms with Crippen LogP contribution in [0, 0.1) is 17.7 Å². The Labute approximate surface area is 140 Å². The lowest BCUT2D eigenvalue weighted by atomic mass is 10.0. The second-order valence-corrected chi connectivity index (χ2v) is 6.80. The van der Waals surface area contributed by atoms with Crippen LogP contribution >= 0.6 is 0 Å². The summed E-state index contributed by atoms with van der Waals surface area (Å²) in [6, 6.07) is 10.0. The minimum absolute atomic E-state index is 0.0530. The van der Waals surface area contributed by atoms with E-state index in [0.717, 1.165) is 32.7 Å². The van der Waals surface area contributed by atoms with Gasteiger partial charge in [-0.15, -0.1) is 0 Å². The molecule has 0 aliphatic carbocycles. The van der Waals surface area contributed by atoms with E-state index in [4.69, 9.17) is 0 Å². The molecule has 2 saturated heterocycles. The monoisotopic (exact) mass is 325 g/mol. The first-order chi connectivity index (χ1) is 11.7. The zero-order chi connectivity index (χ0) is 16.5. The summed E-state index contributed by atoms with van der Waals surface area (Å²) in [5, 5.41) is 0.